The van der Waals surface area contributed by atoms with Crippen molar-refractivity contribution in [3.8, 4) is 0 Å². The van der Waals surface area contributed by atoms with Crippen LogP contribution in [-0.4, -0.2) is 18.3 Å². The van der Waals surface area contributed by atoms with Gasteiger partial charge in [0.1, 0.15) is 0 Å². The van der Waals surface area contributed by atoms with E-state index in [0.717, 1.165) is 16.6 Å². The summed E-state index contributed by atoms with van der Waals surface area (Å²) in [6, 6.07) is 20.6. The molecular formula is C20H23BO2. The van der Waals surface area contributed by atoms with Crippen molar-refractivity contribution >= 4 is 18.7 Å². The summed E-state index contributed by atoms with van der Waals surface area (Å²) in [4.78, 5) is 0. The first-order valence-corrected chi connectivity index (χ1v) is 8.07. The van der Waals surface area contributed by atoms with Gasteiger partial charge >= 0.3 is 7.12 Å². The molecule has 1 heterocycles. The van der Waals surface area contributed by atoms with Crippen LogP contribution < -0.4 is 0 Å². The van der Waals surface area contributed by atoms with Crippen molar-refractivity contribution in [2.24, 2.45) is 0 Å². The zero-order chi connectivity index (χ0) is 16.5. The first-order valence-electron chi connectivity index (χ1n) is 8.07. The van der Waals surface area contributed by atoms with Crippen LogP contribution in [0.4, 0.5) is 0 Å². The predicted octanol–water partition coefficient (Wildman–Crippen LogP) is 4.86. The van der Waals surface area contributed by atoms with Gasteiger partial charge in [0.2, 0.25) is 0 Å². The Hall–Kier alpha value is -1.84. The standard InChI is InChI=1S/C20H23BO2/c1-19(2)20(3,4)23-21(22-19)18(17-13-9-6-10-14-17)15-16-11-7-5-8-12-16/h5-15H,1-4H3. The summed E-state index contributed by atoms with van der Waals surface area (Å²) in [6.45, 7) is 8.33. The molecule has 118 valence electrons. The minimum absolute atomic E-state index is 0.345. The number of hydrogen-bond acceptors (Lipinski definition) is 2. The Kier molecular flexibility index (Phi) is 4.18. The molecule has 1 saturated heterocycles. The Balaban J connectivity index is 2.03. The van der Waals surface area contributed by atoms with Gasteiger partial charge in [0.25, 0.3) is 0 Å². The fourth-order valence-corrected chi connectivity index (χ4v) is 2.62. The largest absolute Gasteiger partial charge is 0.495 e. The molecule has 1 aliphatic rings. The minimum atomic E-state index is -0.373. The van der Waals surface area contributed by atoms with E-state index >= 15 is 0 Å². The molecule has 3 heteroatoms. The minimum Gasteiger partial charge on any atom is -0.399 e. The van der Waals surface area contributed by atoms with Crippen LogP contribution in [0.15, 0.2) is 60.7 Å². The second-order valence-corrected chi connectivity index (χ2v) is 6.96. The van der Waals surface area contributed by atoms with E-state index in [1.165, 1.54) is 0 Å². The molecule has 0 amide bonds. The molecule has 2 aromatic rings. The monoisotopic (exact) mass is 306 g/mol. The maximum absolute atomic E-state index is 6.26. The van der Waals surface area contributed by atoms with Gasteiger partial charge < -0.3 is 9.31 Å². The third kappa shape index (κ3) is 3.26. The zero-order valence-electron chi connectivity index (χ0n) is 14.2. The van der Waals surface area contributed by atoms with E-state index in [9.17, 15) is 0 Å². The van der Waals surface area contributed by atoms with Crippen LogP contribution in [0.5, 0.6) is 0 Å². The summed E-state index contributed by atoms with van der Waals surface area (Å²) in [5.74, 6) is 0. The maximum atomic E-state index is 6.26. The lowest BCUT2D eigenvalue weighted by atomic mass is 9.73. The molecule has 2 aromatic carbocycles. The number of rotatable bonds is 3. The van der Waals surface area contributed by atoms with Gasteiger partial charge in [0.05, 0.1) is 11.2 Å². The van der Waals surface area contributed by atoms with E-state index < -0.39 is 0 Å². The van der Waals surface area contributed by atoms with Gasteiger partial charge in [-0.05, 0) is 44.3 Å². The van der Waals surface area contributed by atoms with Crippen molar-refractivity contribution in [1.29, 1.82) is 0 Å². The lowest BCUT2D eigenvalue weighted by Crippen LogP contribution is -2.41. The number of hydrogen-bond donors (Lipinski definition) is 0. The molecule has 0 spiro atoms. The molecule has 0 aromatic heterocycles. The lowest BCUT2D eigenvalue weighted by molar-refractivity contribution is 0.00578. The molecule has 0 atom stereocenters. The molecule has 0 saturated carbocycles. The van der Waals surface area contributed by atoms with Gasteiger partial charge in [-0.2, -0.15) is 0 Å². The average molecular weight is 306 g/mol. The summed E-state index contributed by atoms with van der Waals surface area (Å²) in [5.41, 5.74) is 2.62. The quantitative estimate of drug-likeness (QED) is 0.595. The van der Waals surface area contributed by atoms with Crippen LogP contribution in [0.25, 0.3) is 11.5 Å². The smallest absolute Gasteiger partial charge is 0.399 e. The highest BCUT2D eigenvalue weighted by Crippen LogP contribution is 2.40. The Morgan fingerprint density at radius 2 is 1.26 bits per heavy atom. The van der Waals surface area contributed by atoms with Gasteiger partial charge in [-0.1, -0.05) is 66.7 Å². The van der Waals surface area contributed by atoms with E-state index in [4.69, 9.17) is 9.31 Å². The lowest BCUT2D eigenvalue weighted by Gasteiger charge is -2.32. The molecule has 0 unspecified atom stereocenters. The highest BCUT2D eigenvalue weighted by atomic mass is 16.7. The van der Waals surface area contributed by atoms with E-state index in [1.807, 2.05) is 36.4 Å². The van der Waals surface area contributed by atoms with Crippen molar-refractivity contribution in [3.05, 3.63) is 71.8 Å². The van der Waals surface area contributed by atoms with Crippen LogP contribution >= 0.6 is 0 Å². The second kappa shape index (κ2) is 5.99. The fraction of sp³-hybridized carbons (Fsp3) is 0.300. The van der Waals surface area contributed by atoms with Gasteiger partial charge in [0, 0.05) is 0 Å². The topological polar surface area (TPSA) is 18.5 Å². The fourth-order valence-electron chi connectivity index (χ4n) is 2.62. The molecule has 0 radical (unpaired) electrons. The zero-order valence-corrected chi connectivity index (χ0v) is 14.2. The Bertz CT molecular complexity index is 674. The van der Waals surface area contributed by atoms with Crippen LogP contribution in [0.2, 0.25) is 0 Å². The summed E-state index contributed by atoms with van der Waals surface area (Å²) in [5, 5.41) is 0. The molecule has 2 nitrogen and oxygen atoms in total. The van der Waals surface area contributed by atoms with E-state index in [2.05, 4.69) is 58.0 Å². The van der Waals surface area contributed by atoms with E-state index in [-0.39, 0.29) is 18.3 Å². The van der Waals surface area contributed by atoms with Crippen LogP contribution in [-0.2, 0) is 9.31 Å². The summed E-state index contributed by atoms with van der Waals surface area (Å²) in [7, 11) is -0.373. The highest BCUT2D eigenvalue weighted by Gasteiger charge is 2.52. The summed E-state index contributed by atoms with van der Waals surface area (Å²) >= 11 is 0. The normalized spacial score (nSPS) is 19.8. The van der Waals surface area contributed by atoms with Crippen molar-refractivity contribution in [2.75, 3.05) is 0 Å². The molecule has 0 bridgehead atoms. The van der Waals surface area contributed by atoms with Gasteiger partial charge in [-0.3, -0.25) is 0 Å². The molecule has 1 aliphatic heterocycles. The van der Waals surface area contributed by atoms with Gasteiger partial charge in [0.15, 0.2) is 0 Å². The van der Waals surface area contributed by atoms with Crippen LogP contribution in [0, 0.1) is 0 Å². The van der Waals surface area contributed by atoms with E-state index in [0.29, 0.717) is 0 Å². The molecular weight excluding hydrogens is 283 g/mol. The molecule has 0 aliphatic carbocycles. The van der Waals surface area contributed by atoms with Gasteiger partial charge in [-0.25, -0.2) is 0 Å². The molecule has 23 heavy (non-hydrogen) atoms. The number of benzene rings is 2. The maximum Gasteiger partial charge on any atom is 0.495 e. The Labute approximate surface area is 139 Å². The molecule has 0 N–H and O–H groups in total. The van der Waals surface area contributed by atoms with Crippen molar-refractivity contribution < 1.29 is 9.31 Å². The van der Waals surface area contributed by atoms with Crippen molar-refractivity contribution in [1.82, 2.24) is 0 Å². The molecule has 3 rings (SSSR count). The van der Waals surface area contributed by atoms with Crippen molar-refractivity contribution in [3.63, 3.8) is 0 Å². The summed E-state index contributed by atoms with van der Waals surface area (Å²) < 4.78 is 12.5. The highest BCUT2D eigenvalue weighted by molar-refractivity contribution is 6.70. The average Bonchev–Trinajstić information content (AvgIpc) is 2.75. The third-order valence-electron chi connectivity index (χ3n) is 4.74. The van der Waals surface area contributed by atoms with Crippen LogP contribution in [0.1, 0.15) is 38.8 Å². The van der Waals surface area contributed by atoms with Crippen molar-refractivity contribution in [2.45, 2.75) is 38.9 Å². The Morgan fingerprint density at radius 3 is 1.78 bits per heavy atom. The van der Waals surface area contributed by atoms with E-state index in [1.54, 1.807) is 0 Å². The summed E-state index contributed by atoms with van der Waals surface area (Å²) in [6.07, 6.45) is 2.15. The third-order valence-corrected chi connectivity index (χ3v) is 4.74. The first kappa shape index (κ1) is 16.0. The van der Waals surface area contributed by atoms with Gasteiger partial charge in [-0.15, -0.1) is 0 Å². The molecule has 1 fully saturated rings. The Morgan fingerprint density at radius 1 is 0.783 bits per heavy atom. The SMILES string of the molecule is CC1(C)OB(C(=Cc2ccccc2)c2ccccc2)OC1(C)C. The van der Waals surface area contributed by atoms with Crippen LogP contribution in [0.3, 0.4) is 0 Å². The first-order chi connectivity index (χ1) is 10.9. The predicted molar refractivity (Wildman–Crippen MR) is 96.8 cm³/mol. The second-order valence-electron chi connectivity index (χ2n) is 6.96.